The minimum absolute atomic E-state index is 0.120. The Morgan fingerprint density at radius 2 is 2.31 bits per heavy atom. The van der Waals surface area contributed by atoms with E-state index >= 15 is 0 Å². The molecule has 1 unspecified atom stereocenters. The second-order valence-electron chi connectivity index (χ2n) is 3.57. The number of rotatable bonds is 4. The molecule has 0 spiro atoms. The van der Waals surface area contributed by atoms with Crippen molar-refractivity contribution in [2.75, 3.05) is 17.7 Å². The molecular weight excluding hydrogens is 244 g/mol. The van der Waals surface area contributed by atoms with Crippen molar-refractivity contribution in [2.24, 2.45) is 0 Å². The van der Waals surface area contributed by atoms with E-state index in [1.807, 2.05) is 13.2 Å². The van der Waals surface area contributed by atoms with Crippen LogP contribution < -0.4 is 11.1 Å². The van der Waals surface area contributed by atoms with Crippen molar-refractivity contribution in [1.82, 2.24) is 5.32 Å². The largest absolute Gasteiger partial charge is 0.398 e. The van der Waals surface area contributed by atoms with E-state index in [9.17, 15) is 4.79 Å². The van der Waals surface area contributed by atoms with Crippen molar-refractivity contribution in [3.05, 3.63) is 28.8 Å². The van der Waals surface area contributed by atoms with Gasteiger partial charge in [-0.15, -0.1) is 0 Å². The highest BCUT2D eigenvalue weighted by Crippen LogP contribution is 2.19. The monoisotopic (exact) mass is 258 g/mol. The number of amides is 1. The van der Waals surface area contributed by atoms with Gasteiger partial charge >= 0.3 is 0 Å². The number of nitrogen functional groups attached to an aromatic ring is 1. The zero-order valence-corrected chi connectivity index (χ0v) is 10.9. The molecule has 0 fully saturated rings. The zero-order valence-electron chi connectivity index (χ0n) is 9.29. The summed E-state index contributed by atoms with van der Waals surface area (Å²) in [6, 6.07) is 5.02. The molecule has 0 aliphatic carbocycles. The fraction of sp³-hybridized carbons (Fsp3) is 0.364. The SMILES string of the molecule is CSCC(C)NC(=O)c1ccc(Cl)c(N)c1. The molecule has 0 heterocycles. The highest BCUT2D eigenvalue weighted by molar-refractivity contribution is 7.98. The molecule has 0 aromatic heterocycles. The van der Waals surface area contributed by atoms with Crippen LogP contribution >= 0.6 is 23.4 Å². The first kappa shape index (κ1) is 13.2. The van der Waals surface area contributed by atoms with Crippen molar-refractivity contribution in [1.29, 1.82) is 0 Å². The van der Waals surface area contributed by atoms with Gasteiger partial charge in [0.15, 0.2) is 0 Å². The summed E-state index contributed by atoms with van der Waals surface area (Å²) in [5.74, 6) is 0.763. The summed E-state index contributed by atoms with van der Waals surface area (Å²) in [5.41, 5.74) is 6.59. The number of nitrogens with one attached hydrogen (secondary N) is 1. The van der Waals surface area contributed by atoms with E-state index in [1.165, 1.54) is 0 Å². The van der Waals surface area contributed by atoms with E-state index < -0.39 is 0 Å². The second-order valence-corrected chi connectivity index (χ2v) is 4.88. The van der Waals surface area contributed by atoms with Gasteiger partial charge in [0.1, 0.15) is 0 Å². The van der Waals surface area contributed by atoms with Crippen LogP contribution in [0.1, 0.15) is 17.3 Å². The van der Waals surface area contributed by atoms with Gasteiger partial charge in [-0.25, -0.2) is 0 Å². The molecule has 88 valence electrons. The molecular formula is C11H15ClN2OS. The van der Waals surface area contributed by atoms with Crippen molar-refractivity contribution in [2.45, 2.75) is 13.0 Å². The van der Waals surface area contributed by atoms with E-state index in [1.54, 1.807) is 30.0 Å². The molecule has 1 aromatic carbocycles. The van der Waals surface area contributed by atoms with Crippen LogP contribution in [-0.4, -0.2) is 24.0 Å². The van der Waals surface area contributed by atoms with Crippen LogP contribution in [0.15, 0.2) is 18.2 Å². The zero-order chi connectivity index (χ0) is 12.1. The number of nitrogens with two attached hydrogens (primary N) is 1. The lowest BCUT2D eigenvalue weighted by atomic mass is 10.2. The molecule has 5 heteroatoms. The molecule has 0 aliphatic rings. The highest BCUT2D eigenvalue weighted by Gasteiger charge is 2.10. The predicted molar refractivity (Wildman–Crippen MR) is 71.2 cm³/mol. The Morgan fingerprint density at radius 1 is 1.62 bits per heavy atom. The first-order valence-electron chi connectivity index (χ1n) is 4.89. The standard InChI is InChI=1S/C11H15ClN2OS/c1-7(6-16-2)14-11(15)8-3-4-9(12)10(13)5-8/h3-5,7H,6,13H2,1-2H3,(H,14,15). The fourth-order valence-electron chi connectivity index (χ4n) is 1.28. The lowest BCUT2D eigenvalue weighted by molar-refractivity contribution is 0.0944. The molecule has 1 aromatic rings. The van der Waals surface area contributed by atoms with E-state index in [0.29, 0.717) is 16.3 Å². The minimum atomic E-state index is -0.120. The quantitative estimate of drug-likeness (QED) is 0.816. The van der Waals surface area contributed by atoms with Gasteiger partial charge in [0, 0.05) is 17.4 Å². The molecule has 0 radical (unpaired) electrons. The summed E-state index contributed by atoms with van der Waals surface area (Å²) in [7, 11) is 0. The Morgan fingerprint density at radius 3 is 2.88 bits per heavy atom. The number of carbonyl (C=O) groups is 1. The van der Waals surface area contributed by atoms with Crippen LogP contribution in [0.4, 0.5) is 5.69 Å². The first-order valence-corrected chi connectivity index (χ1v) is 6.66. The molecule has 3 N–H and O–H groups in total. The fourth-order valence-corrected chi connectivity index (χ4v) is 1.98. The summed E-state index contributed by atoms with van der Waals surface area (Å²) < 4.78 is 0. The molecule has 0 bridgehead atoms. The van der Waals surface area contributed by atoms with Gasteiger partial charge in [0.2, 0.25) is 0 Å². The topological polar surface area (TPSA) is 55.1 Å². The third-order valence-electron chi connectivity index (χ3n) is 2.05. The van der Waals surface area contributed by atoms with E-state index in [-0.39, 0.29) is 11.9 Å². The van der Waals surface area contributed by atoms with Gasteiger partial charge in [-0.2, -0.15) is 11.8 Å². The summed E-state index contributed by atoms with van der Waals surface area (Å²) in [4.78, 5) is 11.8. The predicted octanol–water partition coefficient (Wildman–Crippen LogP) is 2.40. The van der Waals surface area contributed by atoms with Gasteiger partial charge in [-0.3, -0.25) is 4.79 Å². The van der Waals surface area contributed by atoms with Crippen molar-refractivity contribution in [3.8, 4) is 0 Å². The van der Waals surface area contributed by atoms with Gasteiger partial charge in [-0.1, -0.05) is 11.6 Å². The first-order chi connectivity index (χ1) is 7.54. The maximum atomic E-state index is 11.8. The summed E-state index contributed by atoms with van der Waals surface area (Å²) in [6.45, 7) is 1.97. The van der Waals surface area contributed by atoms with Crippen LogP contribution in [0.25, 0.3) is 0 Å². The van der Waals surface area contributed by atoms with Gasteiger partial charge in [0.05, 0.1) is 10.7 Å². The van der Waals surface area contributed by atoms with Crippen LogP contribution in [0, 0.1) is 0 Å². The van der Waals surface area contributed by atoms with E-state index in [2.05, 4.69) is 5.32 Å². The Bertz CT molecular complexity index is 384. The number of anilines is 1. The van der Waals surface area contributed by atoms with Crippen molar-refractivity contribution >= 4 is 35.0 Å². The van der Waals surface area contributed by atoms with Crippen LogP contribution in [0.5, 0.6) is 0 Å². The average Bonchev–Trinajstić information content (AvgIpc) is 2.22. The number of thioether (sulfide) groups is 1. The molecule has 3 nitrogen and oxygen atoms in total. The molecule has 1 atom stereocenters. The van der Waals surface area contributed by atoms with Gasteiger partial charge < -0.3 is 11.1 Å². The van der Waals surface area contributed by atoms with Crippen LogP contribution in [-0.2, 0) is 0 Å². The van der Waals surface area contributed by atoms with Crippen LogP contribution in [0.3, 0.4) is 0 Å². The lowest BCUT2D eigenvalue weighted by Crippen LogP contribution is -2.34. The maximum Gasteiger partial charge on any atom is 0.251 e. The average molecular weight is 259 g/mol. The number of halogens is 1. The van der Waals surface area contributed by atoms with Crippen molar-refractivity contribution in [3.63, 3.8) is 0 Å². The number of benzene rings is 1. The van der Waals surface area contributed by atoms with E-state index in [4.69, 9.17) is 17.3 Å². The Kier molecular flexibility index (Phi) is 4.96. The summed E-state index contributed by atoms with van der Waals surface area (Å²) in [6.07, 6.45) is 2.00. The number of hydrogen-bond acceptors (Lipinski definition) is 3. The van der Waals surface area contributed by atoms with E-state index in [0.717, 1.165) is 5.75 Å². The Balaban J connectivity index is 2.69. The molecule has 0 saturated heterocycles. The number of hydrogen-bond donors (Lipinski definition) is 2. The third-order valence-corrected chi connectivity index (χ3v) is 3.23. The summed E-state index contributed by atoms with van der Waals surface area (Å²) >= 11 is 7.47. The van der Waals surface area contributed by atoms with Gasteiger partial charge in [0.25, 0.3) is 5.91 Å². The molecule has 1 rings (SSSR count). The molecule has 1 amide bonds. The van der Waals surface area contributed by atoms with Gasteiger partial charge in [-0.05, 0) is 31.4 Å². The molecule has 0 aliphatic heterocycles. The maximum absolute atomic E-state index is 11.8. The minimum Gasteiger partial charge on any atom is -0.398 e. The normalized spacial score (nSPS) is 12.2. The third kappa shape index (κ3) is 3.61. The van der Waals surface area contributed by atoms with Crippen LogP contribution in [0.2, 0.25) is 5.02 Å². The number of carbonyl (C=O) groups excluding carboxylic acids is 1. The molecule has 0 saturated carbocycles. The highest BCUT2D eigenvalue weighted by atomic mass is 35.5. The molecule has 16 heavy (non-hydrogen) atoms. The second kappa shape index (κ2) is 6.01. The smallest absolute Gasteiger partial charge is 0.251 e. The van der Waals surface area contributed by atoms with Crippen molar-refractivity contribution < 1.29 is 4.79 Å². The lowest BCUT2D eigenvalue weighted by Gasteiger charge is -2.12. The Labute approximate surface area is 105 Å². The summed E-state index contributed by atoms with van der Waals surface area (Å²) in [5, 5.41) is 3.35. The Hall–Kier alpha value is -0.870.